The standard InChI is InChI=1S/C23H18N4O4S/c1-14-8-9-18(24-11-14)25-19(28)13-26-20-16-6-2-3-7-17(16)32-21(20)22(29)27(23(26)30)12-15-5-4-10-31-15/h2-11H,12-13H2,1H3,(H,24,25,28). The van der Waals surface area contributed by atoms with Crippen LogP contribution < -0.4 is 16.6 Å². The van der Waals surface area contributed by atoms with E-state index in [0.29, 0.717) is 21.8 Å². The molecule has 5 rings (SSSR count). The number of thiophene rings is 1. The molecule has 0 fully saturated rings. The van der Waals surface area contributed by atoms with Gasteiger partial charge in [0.1, 0.15) is 22.8 Å². The average Bonchev–Trinajstić information content (AvgIpc) is 3.44. The van der Waals surface area contributed by atoms with E-state index in [9.17, 15) is 14.4 Å². The molecule has 0 aliphatic rings. The lowest BCUT2D eigenvalue weighted by atomic mass is 10.2. The van der Waals surface area contributed by atoms with Gasteiger partial charge in [-0.2, -0.15) is 0 Å². The largest absolute Gasteiger partial charge is 0.467 e. The molecule has 1 aromatic carbocycles. The van der Waals surface area contributed by atoms with Gasteiger partial charge in [0.05, 0.1) is 18.3 Å². The summed E-state index contributed by atoms with van der Waals surface area (Å²) in [6.45, 7) is 1.62. The quantitative estimate of drug-likeness (QED) is 0.446. The Balaban J connectivity index is 1.65. The van der Waals surface area contributed by atoms with Crippen LogP contribution in [-0.4, -0.2) is 20.0 Å². The van der Waals surface area contributed by atoms with Crippen molar-refractivity contribution in [3.8, 4) is 0 Å². The number of hydrogen-bond donors (Lipinski definition) is 1. The third-order valence-electron chi connectivity index (χ3n) is 5.12. The first-order chi connectivity index (χ1) is 15.5. The predicted molar refractivity (Wildman–Crippen MR) is 123 cm³/mol. The maximum absolute atomic E-state index is 13.4. The summed E-state index contributed by atoms with van der Waals surface area (Å²) in [5.41, 5.74) is 0.452. The van der Waals surface area contributed by atoms with E-state index >= 15 is 0 Å². The van der Waals surface area contributed by atoms with Gasteiger partial charge in [0.2, 0.25) is 5.91 Å². The number of hydrogen-bond acceptors (Lipinski definition) is 6. The fourth-order valence-corrected chi connectivity index (χ4v) is 4.76. The molecule has 160 valence electrons. The first-order valence-corrected chi connectivity index (χ1v) is 10.7. The molecule has 0 radical (unpaired) electrons. The van der Waals surface area contributed by atoms with Crippen molar-refractivity contribution in [1.82, 2.24) is 14.1 Å². The molecule has 0 bridgehead atoms. The van der Waals surface area contributed by atoms with Crippen molar-refractivity contribution in [3.05, 3.63) is 93.2 Å². The number of aryl methyl sites for hydroxylation is 1. The van der Waals surface area contributed by atoms with E-state index in [1.807, 2.05) is 37.3 Å². The fourth-order valence-electron chi connectivity index (χ4n) is 3.61. The van der Waals surface area contributed by atoms with Gasteiger partial charge >= 0.3 is 5.69 Å². The van der Waals surface area contributed by atoms with Crippen LogP contribution in [0.25, 0.3) is 20.3 Å². The van der Waals surface area contributed by atoms with E-state index in [1.54, 1.807) is 24.4 Å². The fraction of sp³-hybridized carbons (Fsp3) is 0.130. The molecule has 8 nitrogen and oxygen atoms in total. The molecule has 0 spiro atoms. The summed E-state index contributed by atoms with van der Waals surface area (Å²) in [6, 6.07) is 14.4. The number of amides is 1. The zero-order chi connectivity index (χ0) is 22.2. The third-order valence-corrected chi connectivity index (χ3v) is 6.26. The minimum Gasteiger partial charge on any atom is -0.467 e. The third kappa shape index (κ3) is 3.52. The molecule has 4 aromatic heterocycles. The number of pyridine rings is 1. The molecule has 0 atom stereocenters. The van der Waals surface area contributed by atoms with Gasteiger partial charge in [0.15, 0.2) is 0 Å². The summed E-state index contributed by atoms with van der Waals surface area (Å²) >= 11 is 1.30. The Bertz CT molecular complexity index is 1560. The molecule has 0 saturated carbocycles. The smallest absolute Gasteiger partial charge is 0.332 e. The van der Waals surface area contributed by atoms with Crippen molar-refractivity contribution < 1.29 is 9.21 Å². The molecule has 0 saturated heterocycles. The van der Waals surface area contributed by atoms with Crippen LogP contribution in [0.3, 0.4) is 0 Å². The zero-order valence-corrected chi connectivity index (χ0v) is 17.9. The Labute approximate surface area is 185 Å². The predicted octanol–water partition coefficient (Wildman–Crippen LogP) is 3.36. The highest BCUT2D eigenvalue weighted by molar-refractivity contribution is 7.25. The second kappa shape index (κ2) is 7.93. The highest BCUT2D eigenvalue weighted by Gasteiger charge is 2.20. The van der Waals surface area contributed by atoms with Gasteiger partial charge in [-0.05, 0) is 36.8 Å². The topological polar surface area (TPSA) is 99.1 Å². The minimum atomic E-state index is -0.575. The summed E-state index contributed by atoms with van der Waals surface area (Å²) in [5.74, 6) is 0.455. The van der Waals surface area contributed by atoms with Gasteiger partial charge in [-0.3, -0.25) is 18.7 Å². The number of nitrogens with one attached hydrogen (secondary N) is 1. The molecule has 9 heteroatoms. The first-order valence-electron chi connectivity index (χ1n) is 9.91. The molecule has 32 heavy (non-hydrogen) atoms. The van der Waals surface area contributed by atoms with Gasteiger partial charge in [0, 0.05) is 16.3 Å². The van der Waals surface area contributed by atoms with Gasteiger partial charge in [-0.1, -0.05) is 24.3 Å². The first kappa shape index (κ1) is 20.0. The van der Waals surface area contributed by atoms with Crippen LogP contribution in [0.1, 0.15) is 11.3 Å². The summed E-state index contributed by atoms with van der Waals surface area (Å²) in [5, 5.41) is 3.47. The number of fused-ring (bicyclic) bond motifs is 3. The van der Waals surface area contributed by atoms with Crippen molar-refractivity contribution in [2.75, 3.05) is 5.32 Å². The number of nitrogens with zero attached hydrogens (tertiary/aromatic N) is 3. The SMILES string of the molecule is Cc1ccc(NC(=O)Cn2c(=O)n(Cc3ccco3)c(=O)c3sc4ccccc4c32)nc1. The van der Waals surface area contributed by atoms with Gasteiger partial charge in [0.25, 0.3) is 5.56 Å². The Hall–Kier alpha value is -3.98. The highest BCUT2D eigenvalue weighted by atomic mass is 32.1. The van der Waals surface area contributed by atoms with Crippen molar-refractivity contribution in [2.45, 2.75) is 20.0 Å². The van der Waals surface area contributed by atoms with Gasteiger partial charge < -0.3 is 9.73 Å². The number of benzene rings is 1. The van der Waals surface area contributed by atoms with E-state index in [1.165, 1.54) is 22.2 Å². The Morgan fingerprint density at radius 2 is 1.94 bits per heavy atom. The molecule has 0 aliphatic carbocycles. The van der Waals surface area contributed by atoms with E-state index in [0.717, 1.165) is 20.2 Å². The van der Waals surface area contributed by atoms with Crippen LogP contribution >= 0.6 is 11.3 Å². The second-order valence-corrected chi connectivity index (χ2v) is 8.44. The maximum Gasteiger partial charge on any atom is 0.332 e. The van der Waals surface area contributed by atoms with Crippen LogP contribution in [0.2, 0.25) is 0 Å². The number of carbonyl (C=O) groups excluding carboxylic acids is 1. The molecule has 0 unspecified atom stereocenters. The van der Waals surface area contributed by atoms with Crippen LogP contribution in [0.15, 0.2) is 75.0 Å². The van der Waals surface area contributed by atoms with Crippen molar-refractivity contribution in [2.24, 2.45) is 0 Å². The minimum absolute atomic E-state index is 0.0179. The molecule has 1 N–H and O–H groups in total. The van der Waals surface area contributed by atoms with E-state index in [-0.39, 0.29) is 13.1 Å². The Kier molecular flexibility index (Phi) is 4.95. The van der Waals surface area contributed by atoms with Crippen LogP contribution in [0.4, 0.5) is 5.82 Å². The summed E-state index contributed by atoms with van der Waals surface area (Å²) in [6.07, 6.45) is 3.13. The van der Waals surface area contributed by atoms with Crippen LogP contribution in [0.5, 0.6) is 0 Å². The number of aromatic nitrogens is 3. The summed E-state index contributed by atoms with van der Waals surface area (Å²) in [7, 11) is 0. The van der Waals surface area contributed by atoms with Gasteiger partial charge in [-0.15, -0.1) is 11.3 Å². The normalized spacial score (nSPS) is 11.3. The van der Waals surface area contributed by atoms with E-state index in [4.69, 9.17) is 4.42 Å². The van der Waals surface area contributed by atoms with Crippen molar-refractivity contribution >= 4 is 43.4 Å². The van der Waals surface area contributed by atoms with E-state index in [2.05, 4.69) is 10.3 Å². The number of furan rings is 1. The average molecular weight is 446 g/mol. The van der Waals surface area contributed by atoms with Gasteiger partial charge in [-0.25, -0.2) is 9.78 Å². The molecule has 4 heterocycles. The lowest BCUT2D eigenvalue weighted by molar-refractivity contribution is -0.116. The maximum atomic E-state index is 13.4. The Morgan fingerprint density at radius 3 is 2.69 bits per heavy atom. The second-order valence-electron chi connectivity index (χ2n) is 7.38. The lowest BCUT2D eigenvalue weighted by Crippen LogP contribution is -2.41. The number of rotatable bonds is 5. The summed E-state index contributed by atoms with van der Waals surface area (Å²) in [4.78, 5) is 43.6. The van der Waals surface area contributed by atoms with Crippen LogP contribution in [0, 0.1) is 6.92 Å². The molecule has 5 aromatic rings. The monoisotopic (exact) mass is 446 g/mol. The van der Waals surface area contributed by atoms with E-state index < -0.39 is 17.2 Å². The molecule has 1 amide bonds. The lowest BCUT2D eigenvalue weighted by Gasteiger charge is -2.12. The zero-order valence-electron chi connectivity index (χ0n) is 17.1. The van der Waals surface area contributed by atoms with Crippen molar-refractivity contribution in [3.63, 3.8) is 0 Å². The molecular formula is C23H18N4O4S. The highest BCUT2D eigenvalue weighted by Crippen LogP contribution is 2.30. The Morgan fingerprint density at radius 1 is 1.09 bits per heavy atom. The molecule has 0 aliphatic heterocycles. The number of carbonyl (C=O) groups is 1. The van der Waals surface area contributed by atoms with Crippen molar-refractivity contribution in [1.29, 1.82) is 0 Å². The molecular weight excluding hydrogens is 428 g/mol. The van der Waals surface area contributed by atoms with Crippen LogP contribution in [-0.2, 0) is 17.9 Å². The summed E-state index contributed by atoms with van der Waals surface area (Å²) < 4.78 is 9.07. The number of anilines is 1.